The van der Waals surface area contributed by atoms with Gasteiger partial charge in [0.1, 0.15) is 6.04 Å². The Kier molecular flexibility index (Phi) is 10.2. The lowest BCUT2D eigenvalue weighted by molar-refractivity contribution is -0.139. The molecule has 0 aliphatic rings. The second-order valence-corrected chi connectivity index (χ2v) is 7.30. The van der Waals surface area contributed by atoms with Gasteiger partial charge in [-0.3, -0.25) is 14.4 Å². The zero-order valence-electron chi connectivity index (χ0n) is 17.1. The monoisotopic (exact) mass is 437 g/mol. The van der Waals surface area contributed by atoms with E-state index in [0.717, 1.165) is 18.4 Å². The van der Waals surface area contributed by atoms with Crippen molar-refractivity contribution in [2.24, 2.45) is 18.5 Å². The van der Waals surface area contributed by atoms with Crippen LogP contribution in [0, 0.1) is 6.92 Å². The minimum Gasteiger partial charge on any atom is -0.481 e. The molecule has 2 rings (SSSR count). The van der Waals surface area contributed by atoms with Crippen LogP contribution in [0.1, 0.15) is 46.6 Å². The summed E-state index contributed by atoms with van der Waals surface area (Å²) < 4.78 is 1.64. The highest BCUT2D eigenvalue weighted by Crippen LogP contribution is 2.20. The highest BCUT2D eigenvalue weighted by molar-refractivity contribution is 6.30. The van der Waals surface area contributed by atoms with Crippen molar-refractivity contribution in [1.29, 1.82) is 0 Å². The van der Waals surface area contributed by atoms with E-state index in [0.29, 0.717) is 34.9 Å². The lowest BCUT2D eigenvalue weighted by Gasteiger charge is -2.07. The van der Waals surface area contributed by atoms with Gasteiger partial charge in [0.15, 0.2) is 0 Å². The lowest BCUT2D eigenvalue weighted by atomic mass is 10.1. The number of aryl methyl sites for hydroxylation is 1. The minimum atomic E-state index is -0.933. The molecule has 0 bridgehead atoms. The molecule has 0 aliphatic carbocycles. The summed E-state index contributed by atoms with van der Waals surface area (Å²) in [4.78, 5) is 33.4. The number of nitrogens with zero attached hydrogens (tertiary/aromatic N) is 1. The van der Waals surface area contributed by atoms with Gasteiger partial charge in [0, 0.05) is 23.3 Å². The highest BCUT2D eigenvalue weighted by atomic mass is 35.5. The van der Waals surface area contributed by atoms with Crippen molar-refractivity contribution in [3.63, 3.8) is 0 Å². The van der Waals surface area contributed by atoms with Crippen molar-refractivity contribution >= 4 is 29.3 Å². The van der Waals surface area contributed by atoms with E-state index >= 15 is 0 Å². The van der Waals surface area contributed by atoms with E-state index in [-0.39, 0.29) is 12.2 Å². The Balaban J connectivity index is 0.000000382. The zero-order valence-corrected chi connectivity index (χ0v) is 17.9. The van der Waals surface area contributed by atoms with Crippen molar-refractivity contribution < 1.29 is 24.6 Å². The number of hydrogen-bond acceptors (Lipinski definition) is 5. The summed E-state index contributed by atoms with van der Waals surface area (Å²) in [5.41, 5.74) is 12.8. The zero-order chi connectivity index (χ0) is 22.8. The molecule has 8 nitrogen and oxygen atoms in total. The Hall–Kier alpha value is -2.68. The number of carbonyl (C=O) groups is 3. The minimum absolute atomic E-state index is 0.106. The SMILES string of the molecule is Cc1cc(CC(=O)O)n(C)c1C(=O)c1ccc(Cl)cc1.NCCCC[C@H](N)C(=O)O. The smallest absolute Gasteiger partial charge is 0.320 e. The van der Waals surface area contributed by atoms with E-state index in [4.69, 9.17) is 33.3 Å². The van der Waals surface area contributed by atoms with E-state index in [1.54, 1.807) is 48.9 Å². The molecule has 1 aromatic carbocycles. The van der Waals surface area contributed by atoms with Crippen LogP contribution in [0.5, 0.6) is 0 Å². The fourth-order valence-electron chi connectivity index (χ4n) is 2.85. The third-order valence-electron chi connectivity index (χ3n) is 4.46. The fraction of sp³-hybridized carbons (Fsp3) is 0.381. The summed E-state index contributed by atoms with van der Waals surface area (Å²) in [6.07, 6.45) is 2.06. The van der Waals surface area contributed by atoms with E-state index in [1.165, 1.54) is 0 Å². The number of rotatable bonds is 9. The van der Waals surface area contributed by atoms with Crippen LogP contribution in [0.25, 0.3) is 0 Å². The second kappa shape index (κ2) is 12.1. The third-order valence-corrected chi connectivity index (χ3v) is 4.72. The Morgan fingerprint density at radius 3 is 2.23 bits per heavy atom. The first-order valence-corrected chi connectivity index (χ1v) is 9.82. The van der Waals surface area contributed by atoms with E-state index in [2.05, 4.69) is 0 Å². The van der Waals surface area contributed by atoms with Crippen LogP contribution < -0.4 is 11.5 Å². The Morgan fingerprint density at radius 1 is 1.13 bits per heavy atom. The number of carboxylic acid groups (broad SMARTS) is 2. The molecule has 0 saturated heterocycles. The van der Waals surface area contributed by atoms with Crippen LogP contribution in [0.15, 0.2) is 30.3 Å². The second-order valence-electron chi connectivity index (χ2n) is 6.86. The standard InChI is InChI=1S/C15H14ClNO3.C6H14N2O2/c1-9-7-12(8-13(18)19)17(2)14(9)15(20)10-3-5-11(16)6-4-10;7-4-2-1-3-5(8)6(9)10/h3-7H,8H2,1-2H3,(H,18,19);5H,1-4,7-8H2,(H,9,10)/t;5-/m.0/s1. The molecule has 6 N–H and O–H groups in total. The number of hydrogen-bond donors (Lipinski definition) is 4. The summed E-state index contributed by atoms with van der Waals surface area (Å²) in [5, 5.41) is 17.8. The van der Waals surface area contributed by atoms with Crippen molar-refractivity contribution in [1.82, 2.24) is 4.57 Å². The van der Waals surface area contributed by atoms with Crippen molar-refractivity contribution in [2.75, 3.05) is 6.54 Å². The molecular weight excluding hydrogens is 410 g/mol. The van der Waals surface area contributed by atoms with Crippen molar-refractivity contribution in [3.05, 3.63) is 57.9 Å². The first-order valence-electron chi connectivity index (χ1n) is 9.44. The van der Waals surface area contributed by atoms with Gasteiger partial charge in [-0.25, -0.2) is 0 Å². The van der Waals surface area contributed by atoms with Crippen LogP contribution >= 0.6 is 11.6 Å². The van der Waals surface area contributed by atoms with Gasteiger partial charge in [0.05, 0.1) is 12.1 Å². The van der Waals surface area contributed by atoms with Gasteiger partial charge in [-0.15, -0.1) is 0 Å². The maximum absolute atomic E-state index is 12.5. The number of unbranched alkanes of at least 4 members (excludes halogenated alkanes) is 1. The molecule has 2 aromatic rings. The first-order chi connectivity index (χ1) is 14.1. The van der Waals surface area contributed by atoms with Crippen molar-refractivity contribution in [3.8, 4) is 0 Å². The molecule has 164 valence electrons. The highest BCUT2D eigenvalue weighted by Gasteiger charge is 2.19. The number of halogens is 1. The number of benzene rings is 1. The number of carbonyl (C=O) groups excluding carboxylic acids is 1. The Bertz CT molecular complexity index is 878. The van der Waals surface area contributed by atoms with Gasteiger partial charge in [-0.05, 0) is 62.2 Å². The number of aliphatic carboxylic acids is 2. The van der Waals surface area contributed by atoms with Crippen LogP contribution in [-0.2, 0) is 23.1 Å². The number of nitrogens with two attached hydrogens (primary N) is 2. The van der Waals surface area contributed by atoms with Gasteiger partial charge in [-0.2, -0.15) is 0 Å². The van der Waals surface area contributed by atoms with Gasteiger partial charge in [0.25, 0.3) is 0 Å². The number of carboxylic acids is 2. The number of ketones is 1. The third kappa shape index (κ3) is 7.62. The van der Waals surface area contributed by atoms with Crippen LogP contribution in [0.4, 0.5) is 0 Å². The van der Waals surface area contributed by atoms with Crippen molar-refractivity contribution in [2.45, 2.75) is 38.6 Å². The summed E-state index contributed by atoms with van der Waals surface area (Å²) in [5.74, 6) is -1.99. The summed E-state index contributed by atoms with van der Waals surface area (Å²) in [7, 11) is 1.70. The molecule has 1 heterocycles. The summed E-state index contributed by atoms with van der Waals surface area (Å²) in [6.45, 7) is 2.40. The fourth-order valence-corrected chi connectivity index (χ4v) is 2.98. The predicted molar refractivity (Wildman–Crippen MR) is 115 cm³/mol. The van der Waals surface area contributed by atoms with E-state index in [9.17, 15) is 14.4 Å². The normalized spacial score (nSPS) is 11.4. The molecule has 0 unspecified atom stereocenters. The molecule has 1 atom stereocenters. The van der Waals surface area contributed by atoms with Gasteiger partial charge < -0.3 is 26.2 Å². The predicted octanol–water partition coefficient (Wildman–Crippen LogP) is 2.37. The van der Waals surface area contributed by atoms with E-state index < -0.39 is 18.0 Å². The molecular formula is C21H28ClN3O5. The summed E-state index contributed by atoms with van der Waals surface area (Å²) in [6, 6.07) is 7.65. The maximum Gasteiger partial charge on any atom is 0.320 e. The molecule has 0 radical (unpaired) electrons. The topological polar surface area (TPSA) is 149 Å². The van der Waals surface area contributed by atoms with Crippen LogP contribution in [0.2, 0.25) is 5.02 Å². The van der Waals surface area contributed by atoms with Gasteiger partial charge in [0.2, 0.25) is 5.78 Å². The number of aromatic nitrogens is 1. The van der Waals surface area contributed by atoms with Crippen LogP contribution in [0.3, 0.4) is 0 Å². The Morgan fingerprint density at radius 2 is 1.73 bits per heavy atom. The molecule has 9 heteroatoms. The Labute approximate surface area is 180 Å². The molecule has 0 spiro atoms. The molecule has 0 aliphatic heterocycles. The molecule has 0 amide bonds. The lowest BCUT2D eigenvalue weighted by Crippen LogP contribution is -2.29. The average Bonchev–Trinajstić information content (AvgIpc) is 2.95. The molecule has 1 aromatic heterocycles. The van der Waals surface area contributed by atoms with Crippen LogP contribution in [-0.4, -0.2) is 45.1 Å². The maximum atomic E-state index is 12.5. The summed E-state index contributed by atoms with van der Waals surface area (Å²) >= 11 is 5.80. The quantitative estimate of drug-likeness (QED) is 0.347. The largest absolute Gasteiger partial charge is 0.481 e. The molecule has 0 fully saturated rings. The molecule has 0 saturated carbocycles. The van der Waals surface area contributed by atoms with Gasteiger partial charge >= 0.3 is 11.9 Å². The van der Waals surface area contributed by atoms with E-state index in [1.807, 2.05) is 0 Å². The van der Waals surface area contributed by atoms with Gasteiger partial charge in [-0.1, -0.05) is 18.0 Å². The average molecular weight is 438 g/mol. The molecule has 30 heavy (non-hydrogen) atoms. The first kappa shape index (κ1) is 25.4.